The van der Waals surface area contributed by atoms with Crippen LogP contribution in [0.5, 0.6) is 5.75 Å². The van der Waals surface area contributed by atoms with Gasteiger partial charge in [-0.15, -0.1) is 5.10 Å². The maximum atomic E-state index is 13.1. The van der Waals surface area contributed by atoms with Crippen molar-refractivity contribution in [2.24, 2.45) is 10.2 Å². The fourth-order valence-electron chi connectivity index (χ4n) is 3.06. The zero-order valence-corrected chi connectivity index (χ0v) is 18.4. The summed E-state index contributed by atoms with van der Waals surface area (Å²) < 4.78 is 5.40. The van der Waals surface area contributed by atoms with E-state index in [1.807, 2.05) is 0 Å². The predicted molar refractivity (Wildman–Crippen MR) is 124 cm³/mol. The Hall–Kier alpha value is -2.74. The van der Waals surface area contributed by atoms with E-state index in [0.717, 1.165) is 5.56 Å². The van der Waals surface area contributed by atoms with E-state index in [-0.39, 0.29) is 18.2 Å². The maximum Gasteiger partial charge on any atom is 0.242 e. The van der Waals surface area contributed by atoms with Gasteiger partial charge in [0.25, 0.3) is 0 Å². The second-order valence-electron chi connectivity index (χ2n) is 6.74. The number of carbonyl (C=O) groups is 1. The quantitative estimate of drug-likeness (QED) is 0.385. The van der Waals surface area contributed by atoms with Crippen molar-refractivity contribution in [1.82, 2.24) is 4.90 Å². The van der Waals surface area contributed by atoms with Crippen LogP contribution in [0.25, 0.3) is 0 Å². The van der Waals surface area contributed by atoms with Crippen LogP contribution in [0.2, 0.25) is 10.0 Å². The number of furan rings is 1. The number of halogens is 2. The van der Waals surface area contributed by atoms with Gasteiger partial charge in [0, 0.05) is 15.6 Å². The summed E-state index contributed by atoms with van der Waals surface area (Å²) in [5.74, 6) is 0.615. The van der Waals surface area contributed by atoms with Gasteiger partial charge in [-0.3, -0.25) is 9.69 Å². The number of carbonyl (C=O) groups excluding carboxylic acids is 1. The van der Waals surface area contributed by atoms with E-state index in [1.165, 1.54) is 22.9 Å². The first-order valence-electron chi connectivity index (χ1n) is 9.34. The van der Waals surface area contributed by atoms with Gasteiger partial charge in [0.05, 0.1) is 24.3 Å². The molecule has 6 nitrogen and oxygen atoms in total. The molecule has 1 amide bonds. The summed E-state index contributed by atoms with van der Waals surface area (Å²) in [6, 6.07) is 15.5. The highest BCUT2D eigenvalue weighted by molar-refractivity contribution is 8.15. The lowest BCUT2D eigenvalue weighted by Gasteiger charge is -2.14. The second-order valence-corrected chi connectivity index (χ2v) is 8.75. The van der Waals surface area contributed by atoms with Crippen molar-refractivity contribution in [2.75, 3.05) is 0 Å². The average molecular weight is 474 g/mol. The Kier molecular flexibility index (Phi) is 6.65. The first kappa shape index (κ1) is 21.5. The summed E-state index contributed by atoms with van der Waals surface area (Å²) >= 11 is 13.7. The van der Waals surface area contributed by atoms with Gasteiger partial charge in [-0.25, -0.2) is 0 Å². The van der Waals surface area contributed by atoms with E-state index in [2.05, 4.69) is 10.2 Å². The van der Waals surface area contributed by atoms with E-state index in [4.69, 9.17) is 27.6 Å². The van der Waals surface area contributed by atoms with Crippen LogP contribution in [0, 0.1) is 0 Å². The summed E-state index contributed by atoms with van der Waals surface area (Å²) in [5.41, 5.74) is 1.32. The molecule has 0 radical (unpaired) electrons. The average Bonchev–Trinajstić information content (AvgIpc) is 3.36. The van der Waals surface area contributed by atoms with Gasteiger partial charge in [-0.2, -0.15) is 5.10 Å². The number of rotatable bonds is 6. The van der Waals surface area contributed by atoms with Crippen LogP contribution in [0.15, 0.2) is 75.5 Å². The minimum atomic E-state index is -0.426. The lowest BCUT2D eigenvalue weighted by molar-refractivity contribution is -0.126. The van der Waals surface area contributed by atoms with Crippen LogP contribution in [0.4, 0.5) is 0 Å². The van der Waals surface area contributed by atoms with Gasteiger partial charge >= 0.3 is 0 Å². The van der Waals surface area contributed by atoms with Crippen LogP contribution in [-0.4, -0.2) is 32.5 Å². The highest BCUT2D eigenvalue weighted by Crippen LogP contribution is 2.33. The Morgan fingerprint density at radius 2 is 2.00 bits per heavy atom. The standard InChI is InChI=1S/C22H17Cl2N3O3S/c23-16-7-8-18(24)15(10-16)11-20-21(29)27(13-17-5-3-9-30-17)22(31-20)26-25-12-14-4-1-2-6-19(14)28/h1-10,12,20,28H,11,13H2/b25-12+,26-22-/t20-/m1/s1. The number of phenols is 1. The van der Waals surface area contributed by atoms with Crippen LogP contribution in [0.3, 0.4) is 0 Å². The second kappa shape index (κ2) is 9.60. The summed E-state index contributed by atoms with van der Waals surface area (Å²) in [4.78, 5) is 14.7. The first-order chi connectivity index (χ1) is 15.0. The van der Waals surface area contributed by atoms with E-state index < -0.39 is 5.25 Å². The monoisotopic (exact) mass is 473 g/mol. The summed E-state index contributed by atoms with van der Waals surface area (Å²) in [5, 5.41) is 19.3. The van der Waals surface area contributed by atoms with Crippen molar-refractivity contribution < 1.29 is 14.3 Å². The number of amides is 1. The molecule has 3 aromatic rings. The maximum absolute atomic E-state index is 13.1. The number of para-hydroxylation sites is 1. The van der Waals surface area contributed by atoms with Crippen molar-refractivity contribution >= 4 is 52.3 Å². The molecule has 1 atom stereocenters. The topological polar surface area (TPSA) is 78.4 Å². The van der Waals surface area contributed by atoms with Crippen molar-refractivity contribution in [2.45, 2.75) is 18.2 Å². The van der Waals surface area contributed by atoms with E-state index >= 15 is 0 Å². The third kappa shape index (κ3) is 5.12. The number of thioether (sulfide) groups is 1. The van der Waals surface area contributed by atoms with Crippen molar-refractivity contribution in [3.05, 3.63) is 87.8 Å². The number of hydrogen-bond donors (Lipinski definition) is 1. The SMILES string of the molecule is O=C1[C@@H](Cc2cc(Cl)ccc2Cl)S/C(=N\N=C\c2ccccc2O)N1Cc1ccco1. The van der Waals surface area contributed by atoms with Crippen LogP contribution in [0.1, 0.15) is 16.9 Å². The molecule has 31 heavy (non-hydrogen) atoms. The zero-order chi connectivity index (χ0) is 21.8. The van der Waals surface area contributed by atoms with Gasteiger partial charge in [0.15, 0.2) is 5.17 Å². The molecule has 158 valence electrons. The smallest absolute Gasteiger partial charge is 0.242 e. The minimum absolute atomic E-state index is 0.0996. The molecule has 9 heteroatoms. The molecule has 0 bridgehead atoms. The largest absolute Gasteiger partial charge is 0.507 e. The van der Waals surface area contributed by atoms with E-state index in [0.29, 0.717) is 33.0 Å². The normalized spacial score (nSPS) is 17.9. The molecule has 2 aromatic carbocycles. The Balaban J connectivity index is 1.59. The Bertz CT molecular complexity index is 1150. The Morgan fingerprint density at radius 1 is 1.16 bits per heavy atom. The fourth-order valence-corrected chi connectivity index (χ4v) is 4.57. The van der Waals surface area contributed by atoms with Gasteiger partial charge in [0.2, 0.25) is 5.91 Å². The predicted octanol–water partition coefficient (Wildman–Crippen LogP) is 5.37. The van der Waals surface area contributed by atoms with Gasteiger partial charge < -0.3 is 9.52 Å². The molecule has 1 saturated heterocycles. The minimum Gasteiger partial charge on any atom is -0.507 e. The number of nitrogens with zero attached hydrogens (tertiary/aromatic N) is 3. The summed E-state index contributed by atoms with van der Waals surface area (Å²) in [6.45, 7) is 0.240. The molecular weight excluding hydrogens is 457 g/mol. The highest BCUT2D eigenvalue weighted by atomic mass is 35.5. The molecule has 0 aliphatic carbocycles. The highest BCUT2D eigenvalue weighted by Gasteiger charge is 2.39. The summed E-state index contributed by atoms with van der Waals surface area (Å²) in [7, 11) is 0. The number of aromatic hydroxyl groups is 1. The lowest BCUT2D eigenvalue weighted by Crippen LogP contribution is -2.32. The molecule has 1 N–H and O–H groups in total. The Labute approximate surface area is 193 Å². The molecule has 0 spiro atoms. The van der Waals surface area contributed by atoms with Gasteiger partial charge in [-0.05, 0) is 54.4 Å². The van der Waals surface area contributed by atoms with E-state index in [9.17, 15) is 9.90 Å². The molecule has 1 aliphatic rings. The Morgan fingerprint density at radius 3 is 2.77 bits per heavy atom. The molecule has 0 unspecified atom stereocenters. The molecule has 1 aromatic heterocycles. The molecule has 2 heterocycles. The molecule has 0 saturated carbocycles. The first-order valence-corrected chi connectivity index (χ1v) is 11.0. The number of benzene rings is 2. The van der Waals surface area contributed by atoms with Crippen LogP contribution in [-0.2, 0) is 17.8 Å². The summed E-state index contributed by atoms with van der Waals surface area (Å²) in [6.07, 6.45) is 3.40. The third-order valence-corrected chi connectivity index (χ3v) is 6.37. The third-order valence-electron chi connectivity index (χ3n) is 4.60. The lowest BCUT2D eigenvalue weighted by atomic mass is 10.1. The van der Waals surface area contributed by atoms with Gasteiger partial charge in [-0.1, -0.05) is 47.1 Å². The number of hydrogen-bond acceptors (Lipinski definition) is 6. The molecule has 4 rings (SSSR count). The number of amidine groups is 1. The molecular formula is C22H17Cl2N3O3S. The van der Waals surface area contributed by atoms with Crippen molar-refractivity contribution in [1.29, 1.82) is 0 Å². The zero-order valence-electron chi connectivity index (χ0n) is 16.1. The van der Waals surface area contributed by atoms with Gasteiger partial charge in [0.1, 0.15) is 11.5 Å². The fraction of sp³-hybridized carbons (Fsp3) is 0.136. The van der Waals surface area contributed by atoms with Crippen LogP contribution < -0.4 is 0 Å². The number of phenolic OH excluding ortho intramolecular Hbond substituents is 1. The molecule has 1 fully saturated rings. The van der Waals surface area contributed by atoms with Crippen molar-refractivity contribution in [3.8, 4) is 5.75 Å². The molecule has 1 aliphatic heterocycles. The van der Waals surface area contributed by atoms with Crippen LogP contribution >= 0.6 is 35.0 Å². The van der Waals surface area contributed by atoms with E-state index in [1.54, 1.807) is 60.9 Å². The van der Waals surface area contributed by atoms with Crippen molar-refractivity contribution in [3.63, 3.8) is 0 Å².